The number of carbonyl (C=O) groups is 1. The molecule has 0 aliphatic carbocycles. The van der Waals surface area contributed by atoms with E-state index < -0.39 is 0 Å². The lowest BCUT2D eigenvalue weighted by Gasteiger charge is -2.15. The van der Waals surface area contributed by atoms with Crippen LogP contribution < -0.4 is 0 Å². The molecule has 1 fully saturated rings. The normalized spacial score (nSPS) is 22.8. The molecule has 1 amide bonds. The highest BCUT2D eigenvalue weighted by Crippen LogP contribution is 2.18. The number of carbonyl (C=O) groups excluding carboxylic acids is 1. The molecule has 0 spiro atoms. The zero-order chi connectivity index (χ0) is 9.68. The maximum atomic E-state index is 11.4. The van der Waals surface area contributed by atoms with Crippen molar-refractivity contribution in [1.82, 2.24) is 4.90 Å². The summed E-state index contributed by atoms with van der Waals surface area (Å²) in [7, 11) is 0. The number of rotatable bonds is 5. The van der Waals surface area contributed by atoms with Crippen LogP contribution in [0.2, 0.25) is 0 Å². The Bertz CT molecular complexity index is 172. The van der Waals surface area contributed by atoms with Gasteiger partial charge in [0.05, 0.1) is 4.83 Å². The molecule has 0 bridgehead atoms. The first kappa shape index (κ1) is 11.0. The van der Waals surface area contributed by atoms with Crippen molar-refractivity contribution < 1.29 is 4.79 Å². The maximum Gasteiger partial charge on any atom is 0.236 e. The van der Waals surface area contributed by atoms with E-state index in [1.165, 1.54) is 25.7 Å². The fourth-order valence-corrected chi connectivity index (χ4v) is 2.15. The van der Waals surface area contributed by atoms with Gasteiger partial charge in [0.15, 0.2) is 0 Å². The van der Waals surface area contributed by atoms with Crippen LogP contribution in [0.1, 0.15) is 39.0 Å². The van der Waals surface area contributed by atoms with E-state index in [2.05, 4.69) is 22.9 Å². The number of amides is 1. The number of hydrogen-bond donors (Lipinski definition) is 0. The number of hydrogen-bond acceptors (Lipinski definition) is 1. The Kier molecular flexibility index (Phi) is 4.78. The Hall–Kier alpha value is -0.0500. The average molecular weight is 248 g/mol. The molecular formula is C10H18BrNO. The fourth-order valence-electron chi connectivity index (χ4n) is 1.65. The lowest BCUT2D eigenvalue weighted by atomic mass is 10.2. The molecule has 3 heteroatoms. The van der Waals surface area contributed by atoms with Crippen molar-refractivity contribution in [3.8, 4) is 0 Å². The quantitative estimate of drug-likeness (QED) is 0.541. The molecule has 0 N–H and O–H groups in total. The Morgan fingerprint density at radius 1 is 1.46 bits per heavy atom. The number of halogens is 1. The van der Waals surface area contributed by atoms with Crippen LogP contribution in [0.4, 0.5) is 0 Å². The van der Waals surface area contributed by atoms with Crippen molar-refractivity contribution in [2.24, 2.45) is 0 Å². The van der Waals surface area contributed by atoms with E-state index in [0.717, 1.165) is 19.5 Å². The molecule has 1 unspecified atom stereocenters. The van der Waals surface area contributed by atoms with Gasteiger partial charge in [0.1, 0.15) is 0 Å². The van der Waals surface area contributed by atoms with Crippen LogP contribution in [0.5, 0.6) is 0 Å². The van der Waals surface area contributed by atoms with Gasteiger partial charge in [0.25, 0.3) is 0 Å². The molecule has 1 aliphatic rings. The third-order valence-corrected chi connectivity index (χ3v) is 3.36. The Morgan fingerprint density at radius 3 is 2.77 bits per heavy atom. The van der Waals surface area contributed by atoms with Crippen molar-refractivity contribution in [3.05, 3.63) is 0 Å². The first-order valence-electron chi connectivity index (χ1n) is 5.18. The highest BCUT2D eigenvalue weighted by atomic mass is 79.9. The minimum Gasteiger partial charge on any atom is -0.342 e. The molecule has 0 aromatic rings. The molecule has 1 rings (SSSR count). The van der Waals surface area contributed by atoms with Crippen LogP contribution in [-0.4, -0.2) is 28.7 Å². The second-order valence-corrected chi connectivity index (χ2v) is 4.75. The van der Waals surface area contributed by atoms with Crippen LogP contribution in [-0.2, 0) is 4.79 Å². The van der Waals surface area contributed by atoms with E-state index in [0.29, 0.717) is 0 Å². The van der Waals surface area contributed by atoms with Crippen LogP contribution in [0.3, 0.4) is 0 Å². The van der Waals surface area contributed by atoms with Gasteiger partial charge in [-0.1, -0.05) is 42.1 Å². The third-order valence-electron chi connectivity index (χ3n) is 2.51. The monoisotopic (exact) mass is 247 g/mol. The third kappa shape index (κ3) is 3.29. The zero-order valence-corrected chi connectivity index (χ0v) is 9.85. The highest BCUT2D eigenvalue weighted by molar-refractivity contribution is 9.10. The molecule has 0 saturated carbocycles. The van der Waals surface area contributed by atoms with Gasteiger partial charge < -0.3 is 4.90 Å². The minimum atomic E-state index is 0.0960. The smallest absolute Gasteiger partial charge is 0.236 e. The Morgan fingerprint density at radius 2 is 2.23 bits per heavy atom. The molecule has 1 atom stereocenters. The van der Waals surface area contributed by atoms with Crippen molar-refractivity contribution in [3.63, 3.8) is 0 Å². The molecule has 76 valence electrons. The van der Waals surface area contributed by atoms with E-state index in [9.17, 15) is 4.79 Å². The van der Waals surface area contributed by atoms with Gasteiger partial charge in [-0.2, -0.15) is 0 Å². The van der Waals surface area contributed by atoms with Crippen molar-refractivity contribution >= 4 is 21.8 Å². The topological polar surface area (TPSA) is 20.3 Å². The molecule has 1 saturated heterocycles. The fraction of sp³-hybridized carbons (Fsp3) is 0.900. The van der Waals surface area contributed by atoms with Crippen molar-refractivity contribution in [2.75, 3.05) is 13.1 Å². The predicted octanol–water partition coefficient (Wildman–Crippen LogP) is 2.56. The summed E-state index contributed by atoms with van der Waals surface area (Å²) in [5.74, 6) is 0.288. The molecule has 13 heavy (non-hydrogen) atoms. The van der Waals surface area contributed by atoms with Gasteiger partial charge >= 0.3 is 0 Å². The second-order valence-electron chi connectivity index (χ2n) is 3.64. The van der Waals surface area contributed by atoms with Gasteiger partial charge in [-0.3, -0.25) is 4.79 Å². The van der Waals surface area contributed by atoms with Crippen LogP contribution in [0, 0.1) is 0 Å². The molecular weight excluding hydrogens is 230 g/mol. The number of alkyl halides is 1. The number of nitrogens with zero attached hydrogens (tertiary/aromatic N) is 1. The number of unbranched alkanes of at least 4 members (excludes halogenated alkanes) is 3. The summed E-state index contributed by atoms with van der Waals surface area (Å²) in [6.07, 6.45) is 5.95. The summed E-state index contributed by atoms with van der Waals surface area (Å²) >= 11 is 3.38. The largest absolute Gasteiger partial charge is 0.342 e. The predicted molar refractivity (Wildman–Crippen MR) is 58.1 cm³/mol. The summed E-state index contributed by atoms with van der Waals surface area (Å²) < 4.78 is 0. The summed E-state index contributed by atoms with van der Waals surface area (Å²) in [5, 5.41) is 0. The number of likely N-dealkylation sites (tertiary alicyclic amines) is 1. The summed E-state index contributed by atoms with van der Waals surface area (Å²) in [6, 6.07) is 0. The zero-order valence-electron chi connectivity index (χ0n) is 8.26. The SMILES string of the molecule is CCCCCCN1CCC(Br)C1=O. The lowest BCUT2D eigenvalue weighted by molar-refractivity contribution is -0.127. The van der Waals surface area contributed by atoms with E-state index >= 15 is 0 Å². The Balaban J connectivity index is 2.12. The van der Waals surface area contributed by atoms with Gasteiger partial charge in [-0.25, -0.2) is 0 Å². The molecule has 2 nitrogen and oxygen atoms in total. The van der Waals surface area contributed by atoms with Crippen LogP contribution in [0.15, 0.2) is 0 Å². The van der Waals surface area contributed by atoms with E-state index in [1.54, 1.807) is 0 Å². The van der Waals surface area contributed by atoms with Crippen molar-refractivity contribution in [2.45, 2.75) is 43.9 Å². The van der Waals surface area contributed by atoms with Gasteiger partial charge in [0.2, 0.25) is 5.91 Å². The molecule has 0 radical (unpaired) electrons. The first-order chi connectivity index (χ1) is 6.25. The minimum absolute atomic E-state index is 0.0960. The second kappa shape index (κ2) is 5.63. The van der Waals surface area contributed by atoms with E-state index in [4.69, 9.17) is 0 Å². The van der Waals surface area contributed by atoms with E-state index in [-0.39, 0.29) is 10.7 Å². The summed E-state index contributed by atoms with van der Waals surface area (Å²) in [4.78, 5) is 13.5. The summed E-state index contributed by atoms with van der Waals surface area (Å²) in [5.41, 5.74) is 0. The van der Waals surface area contributed by atoms with Gasteiger partial charge in [-0.15, -0.1) is 0 Å². The molecule has 0 aromatic heterocycles. The molecule has 1 aliphatic heterocycles. The lowest BCUT2D eigenvalue weighted by Crippen LogP contribution is -2.28. The molecule has 0 aromatic carbocycles. The maximum absolute atomic E-state index is 11.4. The first-order valence-corrected chi connectivity index (χ1v) is 6.10. The highest BCUT2D eigenvalue weighted by Gasteiger charge is 2.28. The average Bonchev–Trinajstić information content (AvgIpc) is 2.43. The van der Waals surface area contributed by atoms with Crippen LogP contribution in [0.25, 0.3) is 0 Å². The Labute approximate surface area is 88.8 Å². The molecule has 1 heterocycles. The van der Waals surface area contributed by atoms with Crippen molar-refractivity contribution in [1.29, 1.82) is 0 Å². The summed E-state index contributed by atoms with van der Waals surface area (Å²) in [6.45, 7) is 4.11. The van der Waals surface area contributed by atoms with Crippen LogP contribution >= 0.6 is 15.9 Å². The van der Waals surface area contributed by atoms with Gasteiger partial charge in [-0.05, 0) is 12.8 Å². The van der Waals surface area contributed by atoms with E-state index in [1.807, 2.05) is 4.90 Å². The standard InChI is InChI=1S/C10H18BrNO/c1-2-3-4-5-7-12-8-6-9(11)10(12)13/h9H,2-8H2,1H3. The van der Waals surface area contributed by atoms with Gasteiger partial charge in [0, 0.05) is 13.1 Å².